The highest BCUT2D eigenvalue weighted by atomic mass is 15.2. The molecular formula is C26H37N7. The molecule has 2 atom stereocenters. The van der Waals surface area contributed by atoms with Gasteiger partial charge in [0.15, 0.2) is 0 Å². The molecule has 3 N–H and O–H groups in total. The highest BCUT2D eigenvalue weighted by Gasteiger charge is 2.32. The number of hydrogen-bond donors (Lipinski definition) is 2. The summed E-state index contributed by atoms with van der Waals surface area (Å²) in [5.41, 5.74) is 13.4. The van der Waals surface area contributed by atoms with E-state index in [1.807, 2.05) is 12.4 Å². The largest absolute Gasteiger partial charge is 0.351 e. The van der Waals surface area contributed by atoms with E-state index in [4.69, 9.17) is 20.7 Å². The summed E-state index contributed by atoms with van der Waals surface area (Å²) in [6.45, 7) is 9.75. The number of nitrogens with one attached hydrogen (secondary N) is 1. The van der Waals surface area contributed by atoms with Gasteiger partial charge in [0.1, 0.15) is 0 Å². The second kappa shape index (κ2) is 9.47. The number of aromatic nitrogens is 2. The number of piperidine rings is 1. The molecule has 176 valence electrons. The summed E-state index contributed by atoms with van der Waals surface area (Å²) in [4.78, 5) is 21.6. The van der Waals surface area contributed by atoms with Crippen LogP contribution in [0.3, 0.4) is 0 Å². The smallest absolute Gasteiger partial charge is 0.223 e. The first-order valence-electron chi connectivity index (χ1n) is 12.6. The number of rotatable bonds is 5. The third kappa shape index (κ3) is 4.66. The van der Waals surface area contributed by atoms with Crippen LogP contribution >= 0.6 is 0 Å². The third-order valence-electron chi connectivity index (χ3n) is 7.70. The fraction of sp³-hybridized carbons (Fsp3) is 0.615. The molecule has 1 fully saturated rings. The van der Waals surface area contributed by atoms with E-state index in [9.17, 15) is 0 Å². The fourth-order valence-electron chi connectivity index (χ4n) is 5.51. The Bertz CT molecular complexity index is 1010. The number of fused-ring (bicyclic) bond motifs is 2. The van der Waals surface area contributed by atoms with Crippen molar-refractivity contribution in [3.63, 3.8) is 0 Å². The Kier molecular flexibility index (Phi) is 6.43. The van der Waals surface area contributed by atoms with Gasteiger partial charge in [-0.3, -0.25) is 9.97 Å². The predicted octanol–water partition coefficient (Wildman–Crippen LogP) is 3.35. The summed E-state index contributed by atoms with van der Waals surface area (Å²) in [6.07, 6.45) is 12.4. The van der Waals surface area contributed by atoms with E-state index >= 15 is 0 Å². The molecule has 1 aromatic heterocycles. The lowest BCUT2D eigenvalue weighted by atomic mass is 9.78. The van der Waals surface area contributed by atoms with Crippen LogP contribution in [0.4, 0.5) is 0 Å². The Hall–Kier alpha value is -2.38. The normalized spacial score (nSPS) is 24.8. The van der Waals surface area contributed by atoms with E-state index in [0.29, 0.717) is 17.9 Å². The van der Waals surface area contributed by atoms with Crippen LogP contribution < -0.4 is 11.1 Å². The second-order valence-corrected chi connectivity index (χ2v) is 10.3. The fourth-order valence-corrected chi connectivity index (χ4v) is 5.51. The van der Waals surface area contributed by atoms with Crippen molar-refractivity contribution in [3.8, 4) is 0 Å². The molecule has 0 spiro atoms. The number of guanidine groups is 1. The number of likely N-dealkylation sites (tertiary alicyclic amines) is 1. The molecule has 0 bridgehead atoms. The molecule has 3 heterocycles. The van der Waals surface area contributed by atoms with Gasteiger partial charge in [-0.1, -0.05) is 19.9 Å². The topological polar surface area (TPSA) is 91.8 Å². The van der Waals surface area contributed by atoms with E-state index in [0.717, 1.165) is 86.9 Å². The van der Waals surface area contributed by atoms with E-state index in [1.54, 1.807) is 0 Å². The van der Waals surface area contributed by atoms with Crippen molar-refractivity contribution in [2.24, 2.45) is 21.6 Å². The standard InChI is InChI=1S/C26H37N7/c1-16(2)21(27)15-33-13-9-18(10-14-33)30-26-31-23-8-7-19(17(3)24(23)32-26)20-5-4-6-22-25(20)29-12-11-28-22/h7,11-12,16,18,20-21H,4-6,8-10,13-15,27H2,1-3H3,(H,30,32). The van der Waals surface area contributed by atoms with Crippen molar-refractivity contribution in [1.29, 1.82) is 0 Å². The number of allylic oxidation sites excluding steroid dienone is 4. The van der Waals surface area contributed by atoms with Crippen LogP contribution in [0.25, 0.3) is 0 Å². The minimum Gasteiger partial charge on any atom is -0.351 e. The summed E-state index contributed by atoms with van der Waals surface area (Å²) in [6, 6.07) is 0.676. The Labute approximate surface area is 197 Å². The highest BCUT2D eigenvalue weighted by molar-refractivity contribution is 6.14. The number of nitrogens with two attached hydrogens (primary N) is 1. The third-order valence-corrected chi connectivity index (χ3v) is 7.70. The van der Waals surface area contributed by atoms with Gasteiger partial charge in [-0.2, -0.15) is 0 Å². The zero-order valence-electron chi connectivity index (χ0n) is 20.2. The van der Waals surface area contributed by atoms with Crippen molar-refractivity contribution >= 4 is 11.7 Å². The quantitative estimate of drug-likeness (QED) is 0.722. The predicted molar refractivity (Wildman–Crippen MR) is 133 cm³/mol. The minimum absolute atomic E-state index is 0.252. The minimum atomic E-state index is 0.252. The molecule has 0 radical (unpaired) electrons. The average Bonchev–Trinajstić information content (AvgIpc) is 3.24. The van der Waals surface area contributed by atoms with Crippen LogP contribution in [0.5, 0.6) is 0 Å². The Morgan fingerprint density at radius 1 is 1.12 bits per heavy atom. The van der Waals surface area contributed by atoms with Crippen molar-refractivity contribution in [1.82, 2.24) is 20.2 Å². The van der Waals surface area contributed by atoms with Crippen LogP contribution in [-0.4, -0.2) is 58.3 Å². The molecule has 0 amide bonds. The Morgan fingerprint density at radius 3 is 2.70 bits per heavy atom. The van der Waals surface area contributed by atoms with Crippen LogP contribution in [0, 0.1) is 5.92 Å². The highest BCUT2D eigenvalue weighted by Crippen LogP contribution is 2.41. The van der Waals surface area contributed by atoms with Gasteiger partial charge >= 0.3 is 0 Å². The average molecular weight is 448 g/mol. The van der Waals surface area contributed by atoms with Crippen LogP contribution in [0.15, 0.2) is 45.3 Å². The lowest BCUT2D eigenvalue weighted by molar-refractivity contribution is 0.184. The van der Waals surface area contributed by atoms with Gasteiger partial charge in [0, 0.05) is 56.5 Å². The molecular weight excluding hydrogens is 410 g/mol. The molecule has 0 aromatic carbocycles. The molecule has 2 aliphatic carbocycles. The Morgan fingerprint density at radius 2 is 1.91 bits per heavy atom. The summed E-state index contributed by atoms with van der Waals surface area (Å²) in [5.74, 6) is 1.64. The number of nitrogens with zero attached hydrogens (tertiary/aromatic N) is 5. The monoisotopic (exact) mass is 447 g/mol. The van der Waals surface area contributed by atoms with Gasteiger partial charge in [-0.05, 0) is 56.1 Å². The number of aliphatic imine (C=N–C) groups is 2. The van der Waals surface area contributed by atoms with Gasteiger partial charge in [0.05, 0.1) is 22.8 Å². The number of aryl methyl sites for hydroxylation is 1. The molecule has 4 aliphatic rings. The lowest BCUT2D eigenvalue weighted by Gasteiger charge is -2.34. The summed E-state index contributed by atoms with van der Waals surface area (Å²) < 4.78 is 0. The van der Waals surface area contributed by atoms with Gasteiger partial charge in [-0.15, -0.1) is 0 Å². The van der Waals surface area contributed by atoms with Crippen LogP contribution in [0.2, 0.25) is 0 Å². The first kappa shape index (κ1) is 22.4. The van der Waals surface area contributed by atoms with Crippen molar-refractivity contribution in [3.05, 3.63) is 46.7 Å². The zero-order valence-corrected chi connectivity index (χ0v) is 20.2. The van der Waals surface area contributed by atoms with Gasteiger partial charge in [-0.25, -0.2) is 9.98 Å². The molecule has 5 rings (SSSR count). The first-order chi connectivity index (χ1) is 16.0. The maximum Gasteiger partial charge on any atom is 0.223 e. The number of hydrogen-bond acceptors (Lipinski definition) is 7. The van der Waals surface area contributed by atoms with E-state index < -0.39 is 0 Å². The molecule has 2 unspecified atom stereocenters. The molecule has 1 saturated heterocycles. The molecule has 0 saturated carbocycles. The van der Waals surface area contributed by atoms with E-state index in [2.05, 4.69) is 42.0 Å². The summed E-state index contributed by atoms with van der Waals surface area (Å²) in [5, 5.41) is 3.63. The molecule has 33 heavy (non-hydrogen) atoms. The summed E-state index contributed by atoms with van der Waals surface area (Å²) in [7, 11) is 0. The Balaban J connectivity index is 1.24. The zero-order chi connectivity index (χ0) is 22.9. The first-order valence-corrected chi connectivity index (χ1v) is 12.6. The lowest BCUT2D eigenvalue weighted by Crippen LogP contribution is -2.48. The SMILES string of the molecule is CC1=C2N=C(NC3CCN(CC(N)C(C)C)CC3)N=C2CC=C1C1CCCc2nccnc21. The van der Waals surface area contributed by atoms with Gasteiger partial charge in [0.2, 0.25) is 5.96 Å². The molecule has 7 nitrogen and oxygen atoms in total. The maximum absolute atomic E-state index is 6.27. The van der Waals surface area contributed by atoms with E-state index in [-0.39, 0.29) is 6.04 Å². The van der Waals surface area contributed by atoms with Crippen LogP contribution in [-0.2, 0) is 6.42 Å². The van der Waals surface area contributed by atoms with Crippen LogP contribution in [0.1, 0.15) is 70.2 Å². The van der Waals surface area contributed by atoms with Gasteiger partial charge in [0.25, 0.3) is 0 Å². The van der Waals surface area contributed by atoms with Crippen molar-refractivity contribution in [2.45, 2.75) is 77.3 Å². The van der Waals surface area contributed by atoms with E-state index in [1.165, 1.54) is 11.1 Å². The summed E-state index contributed by atoms with van der Waals surface area (Å²) >= 11 is 0. The van der Waals surface area contributed by atoms with Gasteiger partial charge < -0.3 is 16.0 Å². The molecule has 7 heteroatoms. The second-order valence-electron chi connectivity index (χ2n) is 10.3. The molecule has 1 aromatic rings. The molecule has 2 aliphatic heterocycles. The maximum atomic E-state index is 6.27. The van der Waals surface area contributed by atoms with Crippen molar-refractivity contribution in [2.75, 3.05) is 19.6 Å². The van der Waals surface area contributed by atoms with Crippen molar-refractivity contribution < 1.29 is 0 Å².